The predicted molar refractivity (Wildman–Crippen MR) is 204 cm³/mol. The Hall–Kier alpha value is -4.50. The van der Waals surface area contributed by atoms with E-state index in [2.05, 4.69) is 16.7 Å². The van der Waals surface area contributed by atoms with Crippen LogP contribution in [0.1, 0.15) is 76.5 Å². The molecular formula is C38H44ClN7O3S. The number of hydrogen-bond donors (Lipinski definition) is 3. The van der Waals surface area contributed by atoms with Gasteiger partial charge in [-0.3, -0.25) is 25.5 Å². The summed E-state index contributed by atoms with van der Waals surface area (Å²) >= 11 is 7.75. The summed E-state index contributed by atoms with van der Waals surface area (Å²) in [6, 6.07) is 12.3. The minimum atomic E-state index is -0.789. The average molecular weight is 714 g/mol. The molecule has 0 unspecified atom stereocenters. The Morgan fingerprint density at radius 1 is 1.08 bits per heavy atom. The van der Waals surface area contributed by atoms with Gasteiger partial charge >= 0.3 is 5.97 Å². The van der Waals surface area contributed by atoms with Crippen molar-refractivity contribution in [1.82, 2.24) is 4.90 Å². The van der Waals surface area contributed by atoms with Gasteiger partial charge in [0.15, 0.2) is 0 Å². The van der Waals surface area contributed by atoms with Gasteiger partial charge in [-0.25, -0.2) is 4.79 Å². The number of ether oxygens (including phenoxy) is 1. The van der Waals surface area contributed by atoms with Crippen LogP contribution in [0, 0.1) is 36.5 Å². The minimum Gasteiger partial charge on any atom is -0.465 e. The van der Waals surface area contributed by atoms with Crippen molar-refractivity contribution >= 4 is 62.9 Å². The molecule has 2 aliphatic heterocycles. The van der Waals surface area contributed by atoms with Crippen LogP contribution in [0.15, 0.2) is 47.5 Å². The summed E-state index contributed by atoms with van der Waals surface area (Å²) in [7, 11) is 1.37. The van der Waals surface area contributed by atoms with Crippen LogP contribution in [0.4, 0.5) is 10.7 Å². The number of hydrogen-bond acceptors (Lipinski definition) is 9. The summed E-state index contributed by atoms with van der Waals surface area (Å²) in [5.74, 6) is 6.06. The monoisotopic (exact) mass is 713 g/mol. The van der Waals surface area contributed by atoms with Gasteiger partial charge in [0.05, 0.1) is 24.8 Å². The Balaban J connectivity index is 1.33. The average Bonchev–Trinajstić information content (AvgIpc) is 3.33. The number of nitrogens with two attached hydrogens (primary N) is 1. The molecule has 4 N–H and O–H groups in total. The Labute approximate surface area is 303 Å². The lowest BCUT2D eigenvalue weighted by Crippen LogP contribution is -2.50. The van der Waals surface area contributed by atoms with Gasteiger partial charge in [-0.1, -0.05) is 42.0 Å². The highest BCUT2D eigenvalue weighted by molar-refractivity contribution is 7.17. The van der Waals surface area contributed by atoms with E-state index in [9.17, 15) is 15.0 Å². The highest BCUT2D eigenvalue weighted by atomic mass is 35.5. The zero-order chi connectivity index (χ0) is 35.9. The van der Waals surface area contributed by atoms with Crippen molar-refractivity contribution < 1.29 is 14.3 Å². The van der Waals surface area contributed by atoms with Gasteiger partial charge in [0.1, 0.15) is 22.7 Å². The molecule has 12 heteroatoms. The maximum atomic E-state index is 13.8. The first-order valence-electron chi connectivity index (χ1n) is 16.9. The lowest BCUT2D eigenvalue weighted by Gasteiger charge is -2.37. The largest absolute Gasteiger partial charge is 0.465 e. The molecule has 0 saturated carbocycles. The number of aliphatic imine (C=N–C) groups is 1. The Bertz CT molecular complexity index is 1870. The molecule has 1 fully saturated rings. The number of nitrogens with zero attached hydrogens (tertiary/aromatic N) is 4. The zero-order valence-electron chi connectivity index (χ0n) is 29.1. The number of piperazine rings is 1. The molecular weight excluding hydrogens is 670 g/mol. The number of fused-ring (bicyclic) bond motifs is 1. The highest BCUT2D eigenvalue weighted by Crippen LogP contribution is 2.40. The van der Waals surface area contributed by atoms with E-state index in [1.807, 2.05) is 61.2 Å². The first kappa shape index (κ1) is 36.8. The normalized spacial score (nSPS) is 15.9. The Morgan fingerprint density at radius 3 is 2.46 bits per heavy atom. The zero-order valence-corrected chi connectivity index (χ0v) is 30.6. The molecule has 5 rings (SSSR count). The van der Waals surface area contributed by atoms with Crippen LogP contribution in [0.3, 0.4) is 0 Å². The van der Waals surface area contributed by atoms with Crippen molar-refractivity contribution in [3.05, 3.63) is 80.2 Å². The van der Waals surface area contributed by atoms with Gasteiger partial charge in [0.25, 0.3) is 0 Å². The topological polar surface area (TPSA) is 139 Å². The van der Waals surface area contributed by atoms with E-state index >= 15 is 0 Å². The molecule has 0 spiro atoms. The van der Waals surface area contributed by atoms with E-state index in [0.717, 1.165) is 57.9 Å². The van der Waals surface area contributed by atoms with E-state index in [-0.39, 0.29) is 24.0 Å². The van der Waals surface area contributed by atoms with Crippen LogP contribution in [-0.4, -0.2) is 80.0 Å². The maximum absolute atomic E-state index is 13.8. The minimum absolute atomic E-state index is 0.00124. The van der Waals surface area contributed by atoms with Crippen molar-refractivity contribution in [3.63, 3.8) is 0 Å². The Morgan fingerprint density at radius 2 is 1.80 bits per heavy atom. The summed E-state index contributed by atoms with van der Waals surface area (Å²) in [4.78, 5) is 38.3. The SMILES string of the molecule is COC(=O)c1cc(N2CCN(C(=O)C[C@@H]3N=C(c4ccc(Cl)cc4)c4c(sc(C)c4C)N(C(C)=N)C3=N)CC2)ccc1C#CCCCCCN. The molecule has 1 saturated heterocycles. The van der Waals surface area contributed by atoms with Crippen molar-refractivity contribution in [1.29, 1.82) is 10.8 Å². The fourth-order valence-electron chi connectivity index (χ4n) is 6.20. The molecule has 0 radical (unpaired) electrons. The third kappa shape index (κ3) is 8.10. The van der Waals surface area contributed by atoms with E-state index in [0.29, 0.717) is 54.6 Å². The number of aryl methyl sites for hydroxylation is 1. The van der Waals surface area contributed by atoms with Crippen molar-refractivity contribution in [3.8, 4) is 11.8 Å². The molecule has 0 aliphatic carbocycles. The molecule has 2 aromatic carbocycles. The van der Waals surface area contributed by atoms with Crippen LogP contribution in [-0.2, 0) is 9.53 Å². The van der Waals surface area contributed by atoms with Crippen molar-refractivity contribution in [2.75, 3.05) is 49.6 Å². The molecule has 1 atom stereocenters. The summed E-state index contributed by atoms with van der Waals surface area (Å²) in [5, 5.41) is 19.2. The fourth-order valence-corrected chi connectivity index (χ4v) is 7.55. The number of amides is 1. The van der Waals surface area contributed by atoms with Gasteiger partial charge in [0, 0.05) is 64.9 Å². The molecule has 50 heavy (non-hydrogen) atoms. The number of amidine groups is 2. The van der Waals surface area contributed by atoms with Crippen LogP contribution >= 0.6 is 22.9 Å². The third-order valence-corrected chi connectivity index (χ3v) is 10.5. The molecule has 1 aromatic heterocycles. The second-order valence-electron chi connectivity index (χ2n) is 12.5. The van der Waals surface area contributed by atoms with Gasteiger partial charge < -0.3 is 20.3 Å². The fraction of sp³-hybridized carbons (Fsp3) is 0.395. The second kappa shape index (κ2) is 16.5. The van der Waals surface area contributed by atoms with Gasteiger partial charge in [-0.15, -0.1) is 11.3 Å². The number of carbonyl (C=O) groups is 2. The molecule has 3 aromatic rings. The van der Waals surface area contributed by atoms with Gasteiger partial charge in [-0.05, 0) is 76.1 Å². The number of nitrogens with one attached hydrogen (secondary N) is 2. The van der Waals surface area contributed by atoms with Crippen LogP contribution in [0.25, 0.3) is 0 Å². The van der Waals surface area contributed by atoms with Crippen molar-refractivity contribution in [2.45, 2.75) is 58.9 Å². The summed E-state index contributed by atoms with van der Waals surface area (Å²) in [6.07, 6.45) is 3.70. The van der Waals surface area contributed by atoms with E-state index < -0.39 is 12.0 Å². The lowest BCUT2D eigenvalue weighted by atomic mass is 9.99. The van der Waals surface area contributed by atoms with Gasteiger partial charge in [-0.2, -0.15) is 0 Å². The molecule has 0 bridgehead atoms. The number of thiophene rings is 1. The van der Waals surface area contributed by atoms with Crippen molar-refractivity contribution in [2.24, 2.45) is 10.7 Å². The van der Waals surface area contributed by atoms with E-state index in [4.69, 9.17) is 32.5 Å². The van der Waals surface area contributed by atoms with Crippen LogP contribution in [0.2, 0.25) is 5.02 Å². The third-order valence-electron chi connectivity index (χ3n) is 9.10. The standard InChI is InChI=1S/C38H44ClN7O3S/c1-24-25(2)50-37-34(24)35(28-11-14-29(39)15-12-28)43-32(36(42)46(37)26(3)41)23-33(47)45-20-18-44(19-21-45)30-16-13-27(31(22-30)38(48)49-4)10-8-6-5-7-9-17-40/h11-16,22,32,41-42H,5-7,9,17-21,23,40H2,1-4H3/t32-/m0/s1. The first-order valence-corrected chi connectivity index (χ1v) is 18.0. The number of unbranched alkanes of at least 4 members (excludes halogenated alkanes) is 3. The number of carbonyl (C=O) groups excluding carboxylic acids is 2. The van der Waals surface area contributed by atoms with Crippen LogP contribution in [0.5, 0.6) is 0 Å². The summed E-state index contributed by atoms with van der Waals surface area (Å²) in [5.41, 5.74) is 10.9. The predicted octanol–water partition coefficient (Wildman–Crippen LogP) is 6.41. The summed E-state index contributed by atoms with van der Waals surface area (Å²) < 4.78 is 5.07. The number of halogens is 1. The second-order valence-corrected chi connectivity index (χ2v) is 14.1. The first-order chi connectivity index (χ1) is 24.0. The maximum Gasteiger partial charge on any atom is 0.339 e. The number of benzene rings is 2. The van der Waals surface area contributed by atoms with Gasteiger partial charge in [0.2, 0.25) is 5.91 Å². The number of esters is 1. The Kier molecular flexibility index (Phi) is 12.1. The molecule has 1 amide bonds. The quantitative estimate of drug-likeness (QED) is 0.0770. The lowest BCUT2D eigenvalue weighted by molar-refractivity contribution is -0.131. The number of rotatable bonds is 9. The van der Waals surface area contributed by atoms with E-state index in [1.54, 1.807) is 11.8 Å². The molecule has 262 valence electrons. The smallest absolute Gasteiger partial charge is 0.339 e. The summed E-state index contributed by atoms with van der Waals surface area (Å²) in [6.45, 7) is 8.49. The van der Waals surface area contributed by atoms with Crippen LogP contribution < -0.4 is 15.5 Å². The number of methoxy groups -OCH3 is 1. The molecule has 3 heterocycles. The number of anilines is 2. The molecule has 2 aliphatic rings. The highest BCUT2D eigenvalue weighted by Gasteiger charge is 2.36. The molecule has 10 nitrogen and oxygen atoms in total. The van der Waals surface area contributed by atoms with E-state index in [1.165, 1.54) is 18.4 Å².